The van der Waals surface area contributed by atoms with Crippen molar-refractivity contribution in [1.29, 1.82) is 0 Å². The Bertz CT molecular complexity index is 1100. The summed E-state index contributed by atoms with van der Waals surface area (Å²) in [6, 6.07) is 3.69. The largest absolute Gasteiger partial charge is 0.493 e. The number of nitrogens with zero attached hydrogens (tertiary/aromatic N) is 1. The summed E-state index contributed by atoms with van der Waals surface area (Å²) in [5, 5.41) is 9.56. The van der Waals surface area contributed by atoms with E-state index in [1.807, 2.05) is 6.07 Å². The van der Waals surface area contributed by atoms with Crippen LogP contribution in [0.15, 0.2) is 34.7 Å². The first kappa shape index (κ1) is 23.4. The summed E-state index contributed by atoms with van der Waals surface area (Å²) in [5.41, 5.74) is 3.28. The molecule has 1 aromatic carbocycles. The van der Waals surface area contributed by atoms with E-state index in [9.17, 15) is 19.5 Å². The Morgan fingerprint density at radius 1 is 1.15 bits per heavy atom. The zero-order valence-corrected chi connectivity index (χ0v) is 20.4. The predicted octanol–water partition coefficient (Wildman–Crippen LogP) is 3.81. The van der Waals surface area contributed by atoms with E-state index in [0.29, 0.717) is 61.2 Å². The molecule has 8 heteroatoms. The number of ether oxygens (including phenoxy) is 2. The summed E-state index contributed by atoms with van der Waals surface area (Å²) < 4.78 is 12.0. The van der Waals surface area contributed by atoms with Gasteiger partial charge >= 0.3 is 5.97 Å². The van der Waals surface area contributed by atoms with Crippen molar-refractivity contribution in [2.24, 2.45) is 0 Å². The number of hydrogen-bond acceptors (Lipinski definition) is 6. The van der Waals surface area contributed by atoms with Crippen LogP contribution >= 0.6 is 22.6 Å². The molecule has 0 atom stereocenters. The molecule has 2 aliphatic carbocycles. The number of benzene rings is 1. The van der Waals surface area contributed by atoms with Crippen LogP contribution in [0.25, 0.3) is 0 Å². The van der Waals surface area contributed by atoms with Crippen LogP contribution in [0.3, 0.4) is 0 Å². The van der Waals surface area contributed by atoms with Gasteiger partial charge in [0.05, 0.1) is 10.7 Å². The maximum atomic E-state index is 13.2. The monoisotopic (exact) mass is 561 g/mol. The second-order valence-electron chi connectivity index (χ2n) is 8.21. The number of allylic oxidation sites excluding steroid dienone is 4. The Hall–Kier alpha value is -2.80. The summed E-state index contributed by atoms with van der Waals surface area (Å²) in [5.74, 6) is 1.80. The molecule has 33 heavy (non-hydrogen) atoms. The summed E-state index contributed by atoms with van der Waals surface area (Å²) in [7, 11) is 1.53. The molecular formula is C25H24INO6. The topological polar surface area (TPSA) is 93.1 Å². The Morgan fingerprint density at radius 3 is 2.27 bits per heavy atom. The number of halogens is 1. The van der Waals surface area contributed by atoms with Gasteiger partial charge in [-0.25, -0.2) is 0 Å². The van der Waals surface area contributed by atoms with E-state index < -0.39 is 11.9 Å². The number of carboxylic acids is 1. The van der Waals surface area contributed by atoms with Crippen molar-refractivity contribution in [3.8, 4) is 23.8 Å². The first-order chi connectivity index (χ1) is 15.9. The fourth-order valence-electron chi connectivity index (χ4n) is 5.04. The third-order valence-corrected chi connectivity index (χ3v) is 7.07. The number of ketones is 2. The summed E-state index contributed by atoms with van der Waals surface area (Å²) >= 11 is 2.13. The Morgan fingerprint density at radius 2 is 1.76 bits per heavy atom. The van der Waals surface area contributed by atoms with Crippen LogP contribution < -0.4 is 9.47 Å². The highest BCUT2D eigenvalue weighted by molar-refractivity contribution is 14.1. The van der Waals surface area contributed by atoms with E-state index in [2.05, 4.69) is 28.5 Å². The molecular weight excluding hydrogens is 537 g/mol. The van der Waals surface area contributed by atoms with Crippen molar-refractivity contribution in [3.05, 3.63) is 43.8 Å². The maximum Gasteiger partial charge on any atom is 0.323 e. The Labute approximate surface area is 205 Å². The average molecular weight is 561 g/mol. The fourth-order valence-corrected chi connectivity index (χ4v) is 5.82. The number of hydrogen-bond donors (Lipinski definition) is 1. The summed E-state index contributed by atoms with van der Waals surface area (Å²) in [6.45, 7) is -0.175. The van der Waals surface area contributed by atoms with Crippen LogP contribution in [-0.2, 0) is 14.4 Å². The van der Waals surface area contributed by atoms with Gasteiger partial charge in [-0.15, -0.1) is 6.42 Å². The molecule has 0 amide bonds. The van der Waals surface area contributed by atoms with E-state index in [4.69, 9.17) is 15.9 Å². The second-order valence-corrected chi connectivity index (χ2v) is 9.38. The van der Waals surface area contributed by atoms with E-state index in [1.54, 1.807) is 11.0 Å². The maximum absolute atomic E-state index is 13.2. The van der Waals surface area contributed by atoms with Crippen LogP contribution in [0.1, 0.15) is 50.0 Å². The number of carbonyl (C=O) groups is 3. The first-order valence-electron chi connectivity index (χ1n) is 10.8. The van der Waals surface area contributed by atoms with E-state index in [-0.39, 0.29) is 24.7 Å². The number of rotatable bonds is 6. The number of carboxylic acid groups (broad SMARTS) is 1. The third-order valence-electron chi connectivity index (χ3n) is 6.26. The van der Waals surface area contributed by atoms with Crippen LogP contribution in [0.4, 0.5) is 0 Å². The van der Waals surface area contributed by atoms with Crippen LogP contribution in [0.2, 0.25) is 0 Å². The lowest BCUT2D eigenvalue weighted by Gasteiger charge is -2.43. The molecule has 0 spiro atoms. The number of terminal acetylenes is 1. The SMILES string of the molecule is C#CCOc1c(I)cc(C2C3=C(CCCC3=O)N(CC(=O)O)C3=C2C(=O)CCC3)cc1OC. The van der Waals surface area contributed by atoms with Crippen LogP contribution in [0.5, 0.6) is 11.5 Å². The smallest absolute Gasteiger partial charge is 0.323 e. The lowest BCUT2D eigenvalue weighted by Crippen LogP contribution is -2.41. The Balaban J connectivity index is 1.94. The first-order valence-corrected chi connectivity index (χ1v) is 11.9. The minimum absolute atomic E-state index is 0.0387. The minimum Gasteiger partial charge on any atom is -0.493 e. The Kier molecular flexibility index (Phi) is 6.79. The van der Waals surface area contributed by atoms with Gasteiger partial charge in [0, 0.05) is 41.3 Å². The van der Waals surface area contributed by atoms with Gasteiger partial charge < -0.3 is 19.5 Å². The minimum atomic E-state index is -0.991. The molecule has 0 saturated carbocycles. The van der Waals surface area contributed by atoms with E-state index in [1.165, 1.54) is 7.11 Å². The zero-order valence-electron chi connectivity index (χ0n) is 18.3. The molecule has 0 bridgehead atoms. The molecule has 0 unspecified atom stereocenters. The molecule has 1 aliphatic heterocycles. The molecule has 7 nitrogen and oxygen atoms in total. The number of methoxy groups -OCH3 is 1. The van der Waals surface area contributed by atoms with Gasteiger partial charge in [0.15, 0.2) is 23.1 Å². The van der Waals surface area contributed by atoms with Gasteiger partial charge in [0.1, 0.15) is 13.2 Å². The quantitative estimate of drug-likeness (QED) is 0.417. The van der Waals surface area contributed by atoms with Crippen molar-refractivity contribution in [2.75, 3.05) is 20.3 Å². The van der Waals surface area contributed by atoms with Crippen molar-refractivity contribution in [3.63, 3.8) is 0 Å². The molecule has 172 valence electrons. The number of carbonyl (C=O) groups excluding carboxylic acids is 2. The fraction of sp³-hybridized carbons (Fsp3) is 0.400. The zero-order chi connectivity index (χ0) is 23.7. The second kappa shape index (κ2) is 9.59. The lowest BCUT2D eigenvalue weighted by molar-refractivity contribution is -0.138. The van der Waals surface area contributed by atoms with Crippen molar-refractivity contribution < 1.29 is 29.0 Å². The normalized spacial score (nSPS) is 18.6. The van der Waals surface area contributed by atoms with Crippen molar-refractivity contribution >= 4 is 40.1 Å². The number of Topliss-reactive ketones (excluding diaryl/α,β-unsaturated/α-hetero) is 2. The summed E-state index contributed by atoms with van der Waals surface area (Å²) in [6.07, 6.45) is 8.63. The third kappa shape index (κ3) is 4.26. The molecule has 3 aliphatic rings. The predicted molar refractivity (Wildman–Crippen MR) is 129 cm³/mol. The van der Waals surface area contributed by atoms with Gasteiger partial charge in [-0.1, -0.05) is 5.92 Å². The van der Waals surface area contributed by atoms with Crippen LogP contribution in [0, 0.1) is 15.9 Å². The van der Waals surface area contributed by atoms with Gasteiger partial charge in [-0.05, 0) is 66.0 Å². The molecule has 0 aromatic heterocycles. The van der Waals surface area contributed by atoms with Gasteiger partial charge in [0.25, 0.3) is 0 Å². The molecule has 4 rings (SSSR count). The lowest BCUT2D eigenvalue weighted by atomic mass is 9.71. The van der Waals surface area contributed by atoms with Gasteiger partial charge in [0.2, 0.25) is 0 Å². The molecule has 0 radical (unpaired) electrons. The standard InChI is InChI=1S/C25H24INO6/c1-3-10-33-25-15(26)11-14(12-20(25)32-2)22-23-16(6-4-8-18(23)28)27(13-21(30)31)17-7-5-9-19(29)24(17)22/h1,11-12,22H,4-10,13H2,2H3,(H,30,31). The van der Waals surface area contributed by atoms with Gasteiger partial charge in [-0.2, -0.15) is 0 Å². The molecule has 0 saturated heterocycles. The molecule has 1 aromatic rings. The summed E-state index contributed by atoms with van der Waals surface area (Å²) in [4.78, 5) is 39.8. The highest BCUT2D eigenvalue weighted by Gasteiger charge is 2.44. The van der Waals surface area contributed by atoms with E-state index in [0.717, 1.165) is 20.5 Å². The molecule has 1 heterocycles. The highest BCUT2D eigenvalue weighted by atomic mass is 127. The van der Waals surface area contributed by atoms with Crippen molar-refractivity contribution in [1.82, 2.24) is 4.90 Å². The highest BCUT2D eigenvalue weighted by Crippen LogP contribution is 2.50. The van der Waals surface area contributed by atoms with Crippen molar-refractivity contribution in [2.45, 2.75) is 44.4 Å². The average Bonchev–Trinajstić information content (AvgIpc) is 2.78. The van der Waals surface area contributed by atoms with Crippen LogP contribution in [-0.4, -0.2) is 47.8 Å². The molecule has 0 fully saturated rings. The van der Waals surface area contributed by atoms with E-state index >= 15 is 0 Å². The van der Waals surface area contributed by atoms with Gasteiger partial charge in [-0.3, -0.25) is 14.4 Å². The number of aliphatic carboxylic acids is 1. The molecule has 1 N–H and O–H groups in total.